The first-order valence-electron chi connectivity index (χ1n) is 6.76. The largest absolute Gasteiger partial charge is 0.472 e. The number of fused-ring (bicyclic) bond motifs is 1. The molecule has 7 heteroatoms. The predicted molar refractivity (Wildman–Crippen MR) is 78.8 cm³/mol. The van der Waals surface area contributed by atoms with Gasteiger partial charge in [0.2, 0.25) is 11.8 Å². The summed E-state index contributed by atoms with van der Waals surface area (Å²) in [7, 11) is 0. The summed E-state index contributed by atoms with van der Waals surface area (Å²) in [6.07, 6.45) is 8.20. The van der Waals surface area contributed by atoms with Crippen molar-refractivity contribution in [3.05, 3.63) is 31.1 Å². The van der Waals surface area contributed by atoms with Gasteiger partial charge in [-0.15, -0.1) is 0 Å². The van der Waals surface area contributed by atoms with Gasteiger partial charge in [-0.3, -0.25) is 0 Å². The van der Waals surface area contributed by atoms with Crippen LogP contribution in [0.4, 0.5) is 5.95 Å². The zero-order chi connectivity index (χ0) is 14.8. The highest BCUT2D eigenvalue weighted by Crippen LogP contribution is 2.31. The van der Waals surface area contributed by atoms with Gasteiger partial charge in [-0.05, 0) is 6.42 Å². The Labute approximate surface area is 121 Å². The molecule has 110 valence electrons. The summed E-state index contributed by atoms with van der Waals surface area (Å²) >= 11 is 0. The lowest BCUT2D eigenvalue weighted by atomic mass is 10.1. The molecule has 0 fully saturated rings. The molecule has 2 heterocycles. The highest BCUT2D eigenvalue weighted by molar-refractivity contribution is 5.77. The first-order chi connectivity index (χ1) is 10.2. The molecular weight excluding hydrogens is 270 g/mol. The van der Waals surface area contributed by atoms with E-state index in [0.717, 1.165) is 6.42 Å². The average molecular weight is 287 g/mol. The summed E-state index contributed by atoms with van der Waals surface area (Å²) in [5.41, 5.74) is 6.96. The van der Waals surface area contributed by atoms with Gasteiger partial charge in [0.05, 0.1) is 12.4 Å². The summed E-state index contributed by atoms with van der Waals surface area (Å²) < 4.78 is 7.42. The Bertz CT molecular complexity index is 694. The first kappa shape index (κ1) is 13.6. The first-order valence-corrected chi connectivity index (χ1v) is 6.76. The second-order valence-corrected chi connectivity index (χ2v) is 4.94. The third kappa shape index (κ3) is 2.47. The smallest absolute Gasteiger partial charge is 0.247 e. The van der Waals surface area contributed by atoms with Crippen molar-refractivity contribution in [3.8, 4) is 5.88 Å². The van der Waals surface area contributed by atoms with Gasteiger partial charge >= 0.3 is 0 Å². The zero-order valence-electron chi connectivity index (χ0n) is 11.5. The van der Waals surface area contributed by atoms with Crippen LogP contribution in [0.2, 0.25) is 0 Å². The van der Waals surface area contributed by atoms with E-state index < -0.39 is 0 Å². The second kappa shape index (κ2) is 5.53. The van der Waals surface area contributed by atoms with Crippen molar-refractivity contribution in [2.24, 2.45) is 5.92 Å². The lowest BCUT2D eigenvalue weighted by Gasteiger charge is -2.13. The summed E-state index contributed by atoms with van der Waals surface area (Å²) in [6.45, 7) is 4.08. The molecule has 0 saturated carbocycles. The minimum absolute atomic E-state index is 0.105. The molecule has 0 amide bonds. The molecule has 3 rings (SSSR count). The van der Waals surface area contributed by atoms with Crippen LogP contribution in [0, 0.1) is 5.92 Å². The number of nitrogens with two attached hydrogens (primary N) is 1. The van der Waals surface area contributed by atoms with Crippen molar-refractivity contribution < 1.29 is 9.84 Å². The van der Waals surface area contributed by atoms with E-state index in [0.29, 0.717) is 23.7 Å². The van der Waals surface area contributed by atoms with E-state index in [-0.39, 0.29) is 24.5 Å². The molecule has 0 radical (unpaired) electrons. The van der Waals surface area contributed by atoms with Gasteiger partial charge in [-0.25, -0.2) is 4.98 Å². The van der Waals surface area contributed by atoms with Crippen LogP contribution in [0.15, 0.2) is 31.1 Å². The number of imidazole rings is 1. The van der Waals surface area contributed by atoms with E-state index in [4.69, 9.17) is 10.5 Å². The van der Waals surface area contributed by atoms with Crippen LogP contribution in [0.25, 0.3) is 11.2 Å². The molecular formula is C14H17N5O2. The number of hydrogen-bond acceptors (Lipinski definition) is 6. The Hall–Kier alpha value is -2.41. The highest BCUT2D eigenvalue weighted by Gasteiger charge is 2.23. The quantitative estimate of drug-likeness (QED) is 0.798. The van der Waals surface area contributed by atoms with Crippen LogP contribution in [0.1, 0.15) is 12.5 Å². The number of rotatable bonds is 5. The number of aromatic nitrogens is 4. The number of aliphatic hydroxyl groups excluding tert-OH is 1. The van der Waals surface area contributed by atoms with Crippen molar-refractivity contribution in [2.75, 3.05) is 18.9 Å². The van der Waals surface area contributed by atoms with Gasteiger partial charge < -0.3 is 20.1 Å². The third-order valence-electron chi connectivity index (χ3n) is 3.49. The number of anilines is 1. The fourth-order valence-corrected chi connectivity index (χ4v) is 2.48. The van der Waals surface area contributed by atoms with Crippen LogP contribution in [0.3, 0.4) is 0 Å². The maximum Gasteiger partial charge on any atom is 0.247 e. The number of ether oxygens (including phenoxy) is 1. The molecule has 0 aliphatic heterocycles. The summed E-state index contributed by atoms with van der Waals surface area (Å²) in [5.74, 6) is 0.670. The number of aliphatic hydroxyl groups is 1. The summed E-state index contributed by atoms with van der Waals surface area (Å²) in [4.78, 5) is 12.7. The highest BCUT2D eigenvalue weighted by atomic mass is 16.5. The minimum atomic E-state index is 0.105. The molecule has 7 nitrogen and oxygen atoms in total. The molecule has 1 aliphatic rings. The Morgan fingerprint density at radius 2 is 2.33 bits per heavy atom. The van der Waals surface area contributed by atoms with Crippen molar-refractivity contribution in [3.63, 3.8) is 0 Å². The Balaban J connectivity index is 2.00. The van der Waals surface area contributed by atoms with Crippen molar-refractivity contribution >= 4 is 17.1 Å². The third-order valence-corrected chi connectivity index (χ3v) is 3.49. The van der Waals surface area contributed by atoms with Gasteiger partial charge in [0, 0.05) is 12.5 Å². The fraction of sp³-hybridized carbons (Fsp3) is 0.357. The van der Waals surface area contributed by atoms with Gasteiger partial charge in [0.15, 0.2) is 11.2 Å². The Morgan fingerprint density at radius 3 is 3.05 bits per heavy atom. The van der Waals surface area contributed by atoms with Gasteiger partial charge in [0.1, 0.15) is 6.61 Å². The number of nitrogen functional groups attached to an aromatic ring is 1. The van der Waals surface area contributed by atoms with E-state index in [2.05, 4.69) is 21.5 Å². The number of hydrogen-bond donors (Lipinski definition) is 2. The predicted octanol–water partition coefficient (Wildman–Crippen LogP) is 1.08. The normalized spacial score (nSPS) is 21.0. The van der Waals surface area contributed by atoms with Crippen molar-refractivity contribution in [2.45, 2.75) is 12.5 Å². The molecule has 2 aromatic rings. The number of allylic oxidation sites excluding steroid dienone is 1. The second-order valence-electron chi connectivity index (χ2n) is 4.94. The topological polar surface area (TPSA) is 99.1 Å². The van der Waals surface area contributed by atoms with E-state index in [9.17, 15) is 5.11 Å². The van der Waals surface area contributed by atoms with Crippen LogP contribution >= 0.6 is 0 Å². The fourth-order valence-electron chi connectivity index (χ4n) is 2.48. The molecule has 3 N–H and O–H groups in total. The summed E-state index contributed by atoms with van der Waals surface area (Å²) in [5, 5.41) is 9.23. The molecule has 2 aromatic heterocycles. The van der Waals surface area contributed by atoms with Crippen LogP contribution in [0.5, 0.6) is 5.88 Å². The van der Waals surface area contributed by atoms with Gasteiger partial charge in [-0.2, -0.15) is 9.97 Å². The average Bonchev–Trinajstić information content (AvgIpc) is 3.10. The SMILES string of the molecule is C=CCOc1nc(N)nc2c1ncn2[C@H]1C=C[C@@H](CO)C1. The molecule has 1 aliphatic carbocycles. The summed E-state index contributed by atoms with van der Waals surface area (Å²) in [6, 6.07) is 0.105. The zero-order valence-corrected chi connectivity index (χ0v) is 11.5. The lowest BCUT2D eigenvalue weighted by molar-refractivity contribution is 0.244. The monoisotopic (exact) mass is 287 g/mol. The van der Waals surface area contributed by atoms with E-state index in [1.165, 1.54) is 0 Å². The Kier molecular flexibility index (Phi) is 3.57. The van der Waals surface area contributed by atoms with Crippen LogP contribution in [-0.4, -0.2) is 37.8 Å². The van der Waals surface area contributed by atoms with E-state index >= 15 is 0 Å². The van der Waals surface area contributed by atoms with Crippen LogP contribution < -0.4 is 10.5 Å². The van der Waals surface area contributed by atoms with E-state index in [1.54, 1.807) is 12.4 Å². The van der Waals surface area contributed by atoms with Crippen molar-refractivity contribution in [1.82, 2.24) is 19.5 Å². The molecule has 2 atom stereocenters. The lowest BCUT2D eigenvalue weighted by Crippen LogP contribution is -2.09. The maximum atomic E-state index is 9.23. The van der Waals surface area contributed by atoms with Gasteiger partial charge in [0.25, 0.3) is 0 Å². The molecule has 0 unspecified atom stereocenters. The van der Waals surface area contributed by atoms with Crippen LogP contribution in [-0.2, 0) is 0 Å². The standard InChI is InChI=1S/C14H17N5O2/c1-2-5-21-13-11-12(17-14(15)18-13)19(8-16-11)10-4-3-9(6-10)7-20/h2-4,8-10,20H,1,5-7H2,(H2,15,17,18)/t9-,10+/m1/s1. The maximum absolute atomic E-state index is 9.23. The van der Waals surface area contributed by atoms with Crippen molar-refractivity contribution in [1.29, 1.82) is 0 Å². The molecule has 0 aromatic carbocycles. The van der Waals surface area contributed by atoms with Gasteiger partial charge in [-0.1, -0.05) is 24.8 Å². The molecule has 21 heavy (non-hydrogen) atoms. The van der Waals surface area contributed by atoms with E-state index in [1.807, 2.05) is 16.7 Å². The Morgan fingerprint density at radius 1 is 1.48 bits per heavy atom. The molecule has 0 spiro atoms. The molecule has 0 bridgehead atoms. The minimum Gasteiger partial charge on any atom is -0.472 e. The molecule has 0 saturated heterocycles. The number of nitrogens with zero attached hydrogens (tertiary/aromatic N) is 4.